The van der Waals surface area contributed by atoms with Crippen LogP contribution >= 0.6 is 0 Å². The van der Waals surface area contributed by atoms with E-state index in [1.165, 1.54) is 25.7 Å². The fourth-order valence-corrected chi connectivity index (χ4v) is 5.17. The molecule has 0 spiro atoms. The molecule has 138 valence electrons. The minimum Gasteiger partial charge on any atom is -0.349 e. The molecule has 1 amide bonds. The lowest BCUT2D eigenvalue weighted by Crippen LogP contribution is -2.40. The third kappa shape index (κ3) is 3.03. The summed E-state index contributed by atoms with van der Waals surface area (Å²) in [5.41, 5.74) is 3.48. The number of pyridine rings is 1. The van der Waals surface area contributed by atoms with Crippen molar-refractivity contribution in [1.29, 1.82) is 0 Å². The summed E-state index contributed by atoms with van der Waals surface area (Å²) in [5.74, 6) is 2.37. The van der Waals surface area contributed by atoms with Gasteiger partial charge in [0.05, 0.1) is 5.69 Å². The number of aromatic nitrogens is 2. The van der Waals surface area contributed by atoms with Gasteiger partial charge < -0.3 is 9.72 Å². The molecule has 0 radical (unpaired) electrons. The van der Waals surface area contributed by atoms with E-state index in [-0.39, 0.29) is 11.9 Å². The van der Waals surface area contributed by atoms with E-state index in [2.05, 4.69) is 12.2 Å². The van der Waals surface area contributed by atoms with E-state index >= 15 is 0 Å². The van der Waals surface area contributed by atoms with Crippen molar-refractivity contribution in [2.75, 3.05) is 0 Å². The standard InChI is InChI=1S/C23H25N3O/c1-15(20-12-16-7-8-18(20)11-16)24-23(27)19-9-10-26-14-21(25-22(26)13-19)17-5-3-2-4-6-17/h2-6,9-10,13-16,18,20H,7-8,11-12H2,1H3,(H,24,27). The summed E-state index contributed by atoms with van der Waals surface area (Å²) in [7, 11) is 0. The Morgan fingerprint density at radius 1 is 1.19 bits per heavy atom. The largest absolute Gasteiger partial charge is 0.349 e. The van der Waals surface area contributed by atoms with Gasteiger partial charge in [0.2, 0.25) is 0 Å². The minimum absolute atomic E-state index is 0.0111. The third-order valence-electron chi connectivity index (χ3n) is 6.59. The molecule has 2 fully saturated rings. The number of amides is 1. The number of imidazole rings is 1. The Hall–Kier alpha value is -2.62. The molecule has 2 heterocycles. The zero-order valence-corrected chi connectivity index (χ0v) is 15.6. The summed E-state index contributed by atoms with van der Waals surface area (Å²) in [5, 5.41) is 3.25. The van der Waals surface area contributed by atoms with E-state index in [4.69, 9.17) is 4.98 Å². The molecule has 3 aromatic rings. The molecule has 4 heteroatoms. The highest BCUT2D eigenvalue weighted by Crippen LogP contribution is 2.49. The van der Waals surface area contributed by atoms with Crippen molar-refractivity contribution in [3.05, 3.63) is 60.4 Å². The summed E-state index contributed by atoms with van der Waals surface area (Å²) >= 11 is 0. The summed E-state index contributed by atoms with van der Waals surface area (Å²) in [6.45, 7) is 2.17. The summed E-state index contributed by atoms with van der Waals surface area (Å²) in [6.07, 6.45) is 9.31. The second-order valence-corrected chi connectivity index (χ2v) is 8.27. The first-order chi connectivity index (χ1) is 13.2. The van der Waals surface area contributed by atoms with Crippen LogP contribution in [0.25, 0.3) is 16.9 Å². The number of benzene rings is 1. The Morgan fingerprint density at radius 3 is 2.78 bits per heavy atom. The first-order valence-electron chi connectivity index (χ1n) is 10.0. The molecule has 0 aliphatic heterocycles. The number of fused-ring (bicyclic) bond motifs is 3. The number of nitrogens with one attached hydrogen (secondary N) is 1. The van der Waals surface area contributed by atoms with Crippen LogP contribution in [-0.2, 0) is 0 Å². The van der Waals surface area contributed by atoms with Crippen LogP contribution in [0.4, 0.5) is 0 Å². The second kappa shape index (κ2) is 6.52. The summed E-state index contributed by atoms with van der Waals surface area (Å²) in [4.78, 5) is 17.5. The average Bonchev–Trinajstić information content (AvgIpc) is 3.43. The average molecular weight is 359 g/mol. The van der Waals surface area contributed by atoms with Crippen LogP contribution in [-0.4, -0.2) is 21.3 Å². The molecule has 1 aromatic carbocycles. The number of carbonyl (C=O) groups excluding carboxylic acids is 1. The molecule has 2 bridgehead atoms. The number of hydrogen-bond donors (Lipinski definition) is 1. The maximum absolute atomic E-state index is 12.8. The Morgan fingerprint density at radius 2 is 2.04 bits per heavy atom. The highest BCUT2D eigenvalue weighted by molar-refractivity contribution is 5.95. The minimum atomic E-state index is 0.0111. The van der Waals surface area contributed by atoms with Crippen LogP contribution in [0.5, 0.6) is 0 Å². The van der Waals surface area contributed by atoms with Crippen LogP contribution in [0, 0.1) is 17.8 Å². The zero-order valence-electron chi connectivity index (χ0n) is 15.6. The van der Waals surface area contributed by atoms with Gasteiger partial charge in [-0.3, -0.25) is 4.79 Å². The molecule has 4 unspecified atom stereocenters. The van der Waals surface area contributed by atoms with E-state index in [0.29, 0.717) is 11.5 Å². The van der Waals surface area contributed by atoms with E-state index in [0.717, 1.165) is 28.7 Å². The normalized spacial score (nSPS) is 25.0. The van der Waals surface area contributed by atoms with Gasteiger partial charge >= 0.3 is 0 Å². The van der Waals surface area contributed by atoms with Crippen LogP contribution in [0.2, 0.25) is 0 Å². The van der Waals surface area contributed by atoms with Gasteiger partial charge in [-0.2, -0.15) is 0 Å². The molecule has 4 atom stereocenters. The lowest BCUT2D eigenvalue weighted by Gasteiger charge is -2.28. The SMILES string of the molecule is CC(NC(=O)c1ccn2cc(-c3ccccc3)nc2c1)C1CC2CCC1C2. The number of carbonyl (C=O) groups is 1. The van der Waals surface area contributed by atoms with E-state index in [9.17, 15) is 4.79 Å². The van der Waals surface area contributed by atoms with Gasteiger partial charge in [0, 0.05) is 29.6 Å². The second-order valence-electron chi connectivity index (χ2n) is 8.27. The topological polar surface area (TPSA) is 46.4 Å². The fraction of sp³-hybridized carbons (Fsp3) is 0.391. The maximum atomic E-state index is 12.8. The molecule has 27 heavy (non-hydrogen) atoms. The number of hydrogen-bond acceptors (Lipinski definition) is 2. The lowest BCUT2D eigenvalue weighted by atomic mass is 9.84. The smallest absolute Gasteiger partial charge is 0.251 e. The molecule has 4 nitrogen and oxygen atoms in total. The van der Waals surface area contributed by atoms with Crippen molar-refractivity contribution < 1.29 is 4.79 Å². The predicted octanol–water partition coefficient (Wildman–Crippen LogP) is 4.56. The Kier molecular flexibility index (Phi) is 4.00. The van der Waals surface area contributed by atoms with E-state index < -0.39 is 0 Å². The molecular weight excluding hydrogens is 334 g/mol. The van der Waals surface area contributed by atoms with Crippen LogP contribution in [0.15, 0.2) is 54.9 Å². The first kappa shape index (κ1) is 16.5. The quantitative estimate of drug-likeness (QED) is 0.742. The van der Waals surface area contributed by atoms with Gasteiger partial charge in [0.25, 0.3) is 5.91 Å². The molecule has 1 N–H and O–H groups in total. The molecule has 5 rings (SSSR count). The Balaban J connectivity index is 1.34. The van der Waals surface area contributed by atoms with Gasteiger partial charge in [-0.05, 0) is 56.1 Å². The fourth-order valence-electron chi connectivity index (χ4n) is 5.17. The highest BCUT2D eigenvalue weighted by Gasteiger charge is 2.42. The third-order valence-corrected chi connectivity index (χ3v) is 6.59. The number of nitrogens with zero attached hydrogens (tertiary/aromatic N) is 2. The molecule has 2 aliphatic rings. The van der Waals surface area contributed by atoms with Crippen LogP contribution < -0.4 is 5.32 Å². The van der Waals surface area contributed by atoms with Crippen molar-refractivity contribution in [3.8, 4) is 11.3 Å². The van der Waals surface area contributed by atoms with Crippen LogP contribution in [0.3, 0.4) is 0 Å². The van der Waals surface area contributed by atoms with Crippen LogP contribution in [0.1, 0.15) is 43.0 Å². The van der Waals surface area contributed by atoms with Crippen molar-refractivity contribution in [2.24, 2.45) is 17.8 Å². The Bertz CT molecular complexity index is 978. The summed E-state index contributed by atoms with van der Waals surface area (Å²) in [6, 6.07) is 14.1. The predicted molar refractivity (Wildman–Crippen MR) is 106 cm³/mol. The van der Waals surface area contributed by atoms with Gasteiger partial charge in [0.1, 0.15) is 5.65 Å². The zero-order chi connectivity index (χ0) is 18.4. The molecule has 2 aromatic heterocycles. The molecule has 2 aliphatic carbocycles. The monoisotopic (exact) mass is 359 g/mol. The van der Waals surface area contributed by atoms with E-state index in [1.54, 1.807) is 0 Å². The Labute approximate surface area is 159 Å². The number of rotatable bonds is 4. The first-order valence-corrected chi connectivity index (χ1v) is 10.0. The highest BCUT2D eigenvalue weighted by atomic mass is 16.1. The van der Waals surface area contributed by atoms with Gasteiger partial charge in [0.15, 0.2) is 0 Å². The molecule has 2 saturated carbocycles. The van der Waals surface area contributed by atoms with E-state index in [1.807, 2.05) is 59.3 Å². The molecular formula is C23H25N3O. The van der Waals surface area contributed by atoms with Crippen molar-refractivity contribution in [1.82, 2.24) is 14.7 Å². The summed E-state index contributed by atoms with van der Waals surface area (Å²) < 4.78 is 1.97. The van der Waals surface area contributed by atoms with Crippen molar-refractivity contribution >= 4 is 11.6 Å². The van der Waals surface area contributed by atoms with Gasteiger partial charge in [-0.15, -0.1) is 0 Å². The van der Waals surface area contributed by atoms with Gasteiger partial charge in [-0.25, -0.2) is 4.98 Å². The van der Waals surface area contributed by atoms with Gasteiger partial charge in [-0.1, -0.05) is 36.8 Å². The van der Waals surface area contributed by atoms with Crippen molar-refractivity contribution in [3.63, 3.8) is 0 Å². The maximum Gasteiger partial charge on any atom is 0.251 e. The molecule has 0 saturated heterocycles. The lowest BCUT2D eigenvalue weighted by molar-refractivity contribution is 0.0915. The van der Waals surface area contributed by atoms with Crippen molar-refractivity contribution in [2.45, 2.75) is 38.6 Å².